The summed E-state index contributed by atoms with van der Waals surface area (Å²) in [4.78, 5) is 34.6. The number of carbonyl (C=O) groups excluding carboxylic acids is 2. The van der Waals surface area contributed by atoms with Gasteiger partial charge in [0, 0.05) is 36.3 Å². The fourth-order valence-corrected chi connectivity index (χ4v) is 2.53. The standard InChI is InChI=1S/C19H21N3O7/c1-27-15-10-13(11-16(28-2)17(15)29-3)19(24)21-8-7-20-18(23)12-5-4-6-14(9-12)22(25)26/h4-6,9-11H,7-8H2,1-3H3,(H,20,23)(H,21,24). The first-order valence-electron chi connectivity index (χ1n) is 8.52. The van der Waals surface area contributed by atoms with Crippen LogP contribution in [0.5, 0.6) is 17.2 Å². The molecule has 10 nitrogen and oxygen atoms in total. The Morgan fingerprint density at radius 1 is 0.897 bits per heavy atom. The van der Waals surface area contributed by atoms with Crippen molar-refractivity contribution in [1.82, 2.24) is 10.6 Å². The van der Waals surface area contributed by atoms with Gasteiger partial charge in [-0.1, -0.05) is 6.07 Å². The van der Waals surface area contributed by atoms with E-state index in [9.17, 15) is 19.7 Å². The summed E-state index contributed by atoms with van der Waals surface area (Å²) in [5, 5.41) is 16.0. The van der Waals surface area contributed by atoms with E-state index in [2.05, 4.69) is 10.6 Å². The zero-order valence-electron chi connectivity index (χ0n) is 16.2. The molecule has 0 aliphatic carbocycles. The second-order valence-electron chi connectivity index (χ2n) is 5.73. The quantitative estimate of drug-likeness (QED) is 0.371. The molecule has 154 valence electrons. The molecule has 0 aromatic heterocycles. The number of methoxy groups -OCH3 is 3. The second-order valence-corrected chi connectivity index (χ2v) is 5.73. The van der Waals surface area contributed by atoms with Crippen LogP contribution in [0.25, 0.3) is 0 Å². The van der Waals surface area contributed by atoms with Gasteiger partial charge in [-0.15, -0.1) is 0 Å². The van der Waals surface area contributed by atoms with E-state index in [0.717, 1.165) is 0 Å². The third kappa shape index (κ3) is 5.34. The number of hydrogen-bond acceptors (Lipinski definition) is 7. The van der Waals surface area contributed by atoms with Gasteiger partial charge < -0.3 is 24.8 Å². The van der Waals surface area contributed by atoms with Gasteiger partial charge in [0.2, 0.25) is 5.75 Å². The van der Waals surface area contributed by atoms with Crippen molar-refractivity contribution in [3.8, 4) is 17.2 Å². The first-order valence-corrected chi connectivity index (χ1v) is 8.52. The Kier molecular flexibility index (Phi) is 7.35. The van der Waals surface area contributed by atoms with Crippen LogP contribution in [-0.2, 0) is 0 Å². The number of benzene rings is 2. The monoisotopic (exact) mass is 403 g/mol. The summed E-state index contributed by atoms with van der Waals surface area (Å²) in [6, 6.07) is 8.41. The normalized spacial score (nSPS) is 10.0. The Labute approximate surface area is 166 Å². The van der Waals surface area contributed by atoms with E-state index >= 15 is 0 Å². The van der Waals surface area contributed by atoms with E-state index < -0.39 is 16.7 Å². The topological polar surface area (TPSA) is 129 Å². The summed E-state index contributed by atoms with van der Waals surface area (Å²) in [6.45, 7) is 0.286. The third-order valence-corrected chi connectivity index (χ3v) is 3.94. The molecule has 2 aromatic carbocycles. The predicted molar refractivity (Wildman–Crippen MR) is 104 cm³/mol. The van der Waals surface area contributed by atoms with Crippen LogP contribution in [0, 0.1) is 10.1 Å². The summed E-state index contributed by atoms with van der Waals surface area (Å²) in [5.41, 5.74) is 0.285. The second kappa shape index (κ2) is 9.93. The lowest BCUT2D eigenvalue weighted by molar-refractivity contribution is -0.384. The molecule has 2 rings (SSSR count). The number of nitro benzene ring substituents is 1. The van der Waals surface area contributed by atoms with E-state index in [1.165, 1.54) is 57.7 Å². The van der Waals surface area contributed by atoms with Crippen molar-refractivity contribution >= 4 is 17.5 Å². The third-order valence-electron chi connectivity index (χ3n) is 3.94. The number of nitrogens with zero attached hydrogens (tertiary/aromatic N) is 1. The van der Waals surface area contributed by atoms with Crippen LogP contribution in [0.2, 0.25) is 0 Å². The Hall–Kier alpha value is -3.82. The maximum absolute atomic E-state index is 12.4. The van der Waals surface area contributed by atoms with Gasteiger partial charge in [-0.25, -0.2) is 0 Å². The van der Waals surface area contributed by atoms with Gasteiger partial charge >= 0.3 is 0 Å². The first-order chi connectivity index (χ1) is 13.9. The molecule has 0 saturated carbocycles. The van der Waals surface area contributed by atoms with E-state index in [0.29, 0.717) is 22.8 Å². The van der Waals surface area contributed by atoms with Gasteiger partial charge in [-0.2, -0.15) is 0 Å². The number of nitrogens with one attached hydrogen (secondary N) is 2. The fraction of sp³-hybridized carbons (Fsp3) is 0.263. The largest absolute Gasteiger partial charge is 0.493 e. The van der Waals surface area contributed by atoms with E-state index in [-0.39, 0.29) is 24.3 Å². The van der Waals surface area contributed by atoms with Gasteiger partial charge in [0.15, 0.2) is 11.5 Å². The van der Waals surface area contributed by atoms with Crippen molar-refractivity contribution in [3.63, 3.8) is 0 Å². The minimum Gasteiger partial charge on any atom is -0.493 e. The van der Waals surface area contributed by atoms with Crippen molar-refractivity contribution in [1.29, 1.82) is 0 Å². The summed E-state index contributed by atoms with van der Waals surface area (Å²) < 4.78 is 15.6. The lowest BCUT2D eigenvalue weighted by Gasteiger charge is -2.14. The fourth-order valence-electron chi connectivity index (χ4n) is 2.53. The lowest BCUT2D eigenvalue weighted by atomic mass is 10.1. The zero-order valence-corrected chi connectivity index (χ0v) is 16.2. The van der Waals surface area contributed by atoms with Crippen molar-refractivity contribution in [3.05, 3.63) is 57.6 Å². The lowest BCUT2D eigenvalue weighted by Crippen LogP contribution is -2.34. The Morgan fingerprint density at radius 2 is 1.45 bits per heavy atom. The number of carbonyl (C=O) groups is 2. The molecule has 0 spiro atoms. The maximum Gasteiger partial charge on any atom is 0.270 e. The maximum atomic E-state index is 12.4. The van der Waals surface area contributed by atoms with Crippen LogP contribution in [0.1, 0.15) is 20.7 Å². The molecule has 0 radical (unpaired) electrons. The highest BCUT2D eigenvalue weighted by Crippen LogP contribution is 2.38. The average molecular weight is 403 g/mol. The smallest absolute Gasteiger partial charge is 0.270 e. The van der Waals surface area contributed by atoms with Crippen molar-refractivity contribution < 1.29 is 28.7 Å². The molecule has 0 heterocycles. The van der Waals surface area contributed by atoms with Crippen molar-refractivity contribution in [2.24, 2.45) is 0 Å². The molecule has 0 atom stereocenters. The molecule has 0 saturated heterocycles. The molecular weight excluding hydrogens is 382 g/mol. The molecule has 2 aromatic rings. The van der Waals surface area contributed by atoms with Gasteiger partial charge in [0.1, 0.15) is 0 Å². The number of rotatable bonds is 9. The molecule has 2 N–H and O–H groups in total. The van der Waals surface area contributed by atoms with Crippen molar-refractivity contribution in [2.45, 2.75) is 0 Å². The molecular formula is C19H21N3O7. The number of non-ortho nitro benzene ring substituents is 1. The SMILES string of the molecule is COc1cc(C(=O)NCCNC(=O)c2cccc([N+](=O)[O-])c2)cc(OC)c1OC. The Morgan fingerprint density at radius 3 is 1.93 bits per heavy atom. The minimum absolute atomic E-state index is 0.137. The molecule has 0 aliphatic heterocycles. The number of nitro groups is 1. The van der Waals surface area contributed by atoms with Gasteiger partial charge in [0.05, 0.1) is 26.3 Å². The molecule has 10 heteroatoms. The summed E-state index contributed by atoms with van der Waals surface area (Å²) in [6.07, 6.45) is 0. The molecule has 29 heavy (non-hydrogen) atoms. The predicted octanol–water partition coefficient (Wildman–Crippen LogP) is 1.78. The number of hydrogen-bond donors (Lipinski definition) is 2. The molecule has 2 amide bonds. The molecule has 0 unspecified atom stereocenters. The van der Waals surface area contributed by atoms with Crippen LogP contribution < -0.4 is 24.8 Å². The first kappa shape index (κ1) is 21.5. The van der Waals surface area contributed by atoms with E-state index in [1.807, 2.05) is 0 Å². The van der Waals surface area contributed by atoms with Gasteiger partial charge in [0.25, 0.3) is 17.5 Å². The Bertz CT molecular complexity index is 889. The van der Waals surface area contributed by atoms with Crippen LogP contribution in [-0.4, -0.2) is 51.2 Å². The van der Waals surface area contributed by atoms with E-state index in [4.69, 9.17) is 14.2 Å². The van der Waals surface area contributed by atoms with Gasteiger partial charge in [-0.3, -0.25) is 19.7 Å². The summed E-state index contributed by atoms with van der Waals surface area (Å²) in [7, 11) is 4.36. The average Bonchev–Trinajstić information content (AvgIpc) is 2.75. The zero-order chi connectivity index (χ0) is 21.4. The van der Waals surface area contributed by atoms with Crippen LogP contribution >= 0.6 is 0 Å². The molecule has 0 fully saturated rings. The highest BCUT2D eigenvalue weighted by molar-refractivity contribution is 5.96. The van der Waals surface area contributed by atoms with Crippen LogP contribution in [0.15, 0.2) is 36.4 Å². The van der Waals surface area contributed by atoms with E-state index in [1.54, 1.807) is 0 Å². The highest BCUT2D eigenvalue weighted by atomic mass is 16.6. The Balaban J connectivity index is 1.94. The summed E-state index contributed by atoms with van der Waals surface area (Å²) in [5.74, 6) is 0.187. The van der Waals surface area contributed by atoms with Crippen LogP contribution in [0.4, 0.5) is 5.69 Å². The number of amides is 2. The molecule has 0 bridgehead atoms. The molecule has 0 aliphatic rings. The highest BCUT2D eigenvalue weighted by Gasteiger charge is 2.17. The number of ether oxygens (including phenoxy) is 3. The van der Waals surface area contributed by atoms with Crippen LogP contribution in [0.3, 0.4) is 0 Å². The van der Waals surface area contributed by atoms with Gasteiger partial charge in [-0.05, 0) is 18.2 Å². The minimum atomic E-state index is -0.575. The summed E-state index contributed by atoms with van der Waals surface area (Å²) >= 11 is 0. The van der Waals surface area contributed by atoms with Crippen molar-refractivity contribution in [2.75, 3.05) is 34.4 Å².